The first-order chi connectivity index (χ1) is 10.6. The van der Waals surface area contributed by atoms with Crippen LogP contribution in [-0.4, -0.2) is 28.5 Å². The van der Waals surface area contributed by atoms with Gasteiger partial charge >= 0.3 is 0 Å². The Morgan fingerprint density at radius 1 is 1.27 bits per heavy atom. The summed E-state index contributed by atoms with van der Waals surface area (Å²) in [5.74, 6) is -0.548. The Kier molecular flexibility index (Phi) is 4.24. The summed E-state index contributed by atoms with van der Waals surface area (Å²) in [7, 11) is 0. The minimum absolute atomic E-state index is 0.0781. The number of carbonyl (C=O) groups excluding carboxylic acids is 1. The summed E-state index contributed by atoms with van der Waals surface area (Å²) in [5.41, 5.74) is 6.98. The van der Waals surface area contributed by atoms with Crippen molar-refractivity contribution in [1.29, 1.82) is 0 Å². The van der Waals surface area contributed by atoms with Crippen molar-refractivity contribution in [2.24, 2.45) is 11.7 Å². The first-order valence-electron chi connectivity index (χ1n) is 7.58. The van der Waals surface area contributed by atoms with Crippen LogP contribution in [0.5, 0.6) is 0 Å². The van der Waals surface area contributed by atoms with Crippen LogP contribution in [0.2, 0.25) is 0 Å². The number of rotatable bonds is 4. The number of hydrogen-bond acceptors (Lipinski definition) is 2. The molecule has 22 heavy (non-hydrogen) atoms. The molecule has 2 aromatic rings. The monoisotopic (exact) mass is 301 g/mol. The van der Waals surface area contributed by atoms with Crippen molar-refractivity contribution in [3.63, 3.8) is 0 Å². The van der Waals surface area contributed by atoms with Crippen molar-refractivity contribution in [2.45, 2.75) is 19.4 Å². The average molecular weight is 301 g/mol. The van der Waals surface area contributed by atoms with Crippen LogP contribution in [0, 0.1) is 11.7 Å². The minimum Gasteiger partial charge on any atom is -0.369 e. The number of piperidine rings is 1. The van der Waals surface area contributed by atoms with E-state index in [4.69, 9.17) is 5.73 Å². The summed E-state index contributed by atoms with van der Waals surface area (Å²) in [6.45, 7) is 2.30. The maximum absolute atomic E-state index is 14.0. The molecule has 1 amide bonds. The van der Waals surface area contributed by atoms with Gasteiger partial charge in [-0.15, -0.1) is 0 Å². The SMILES string of the molecule is NC(=O)C1CCCN(Cc2cccn2-c2ccccc2F)C1. The van der Waals surface area contributed by atoms with E-state index in [0.717, 1.165) is 25.1 Å². The van der Waals surface area contributed by atoms with Crippen molar-refractivity contribution in [1.82, 2.24) is 9.47 Å². The lowest BCUT2D eigenvalue weighted by molar-refractivity contribution is -0.123. The van der Waals surface area contributed by atoms with E-state index in [2.05, 4.69) is 4.90 Å². The van der Waals surface area contributed by atoms with Crippen LogP contribution in [0.1, 0.15) is 18.5 Å². The Hall–Kier alpha value is -2.14. The molecule has 5 heteroatoms. The molecule has 0 aliphatic carbocycles. The van der Waals surface area contributed by atoms with Gasteiger partial charge in [0.05, 0.1) is 11.6 Å². The summed E-state index contributed by atoms with van der Waals surface area (Å²) in [5, 5.41) is 0. The van der Waals surface area contributed by atoms with E-state index < -0.39 is 0 Å². The smallest absolute Gasteiger partial charge is 0.221 e. The second-order valence-corrected chi connectivity index (χ2v) is 5.80. The van der Waals surface area contributed by atoms with Gasteiger partial charge in [0.25, 0.3) is 0 Å². The van der Waals surface area contributed by atoms with E-state index in [-0.39, 0.29) is 17.6 Å². The molecule has 0 bridgehead atoms. The van der Waals surface area contributed by atoms with Gasteiger partial charge in [-0.3, -0.25) is 9.69 Å². The van der Waals surface area contributed by atoms with Gasteiger partial charge in [-0.05, 0) is 43.7 Å². The lowest BCUT2D eigenvalue weighted by atomic mass is 9.97. The fourth-order valence-corrected chi connectivity index (χ4v) is 3.09. The maximum Gasteiger partial charge on any atom is 0.221 e. The fourth-order valence-electron chi connectivity index (χ4n) is 3.09. The Morgan fingerprint density at radius 2 is 2.09 bits per heavy atom. The van der Waals surface area contributed by atoms with Gasteiger partial charge in [-0.2, -0.15) is 0 Å². The number of para-hydroxylation sites is 1. The van der Waals surface area contributed by atoms with Crippen molar-refractivity contribution >= 4 is 5.91 Å². The van der Waals surface area contributed by atoms with Gasteiger partial charge in [0.15, 0.2) is 0 Å². The third-order valence-corrected chi connectivity index (χ3v) is 4.24. The molecule has 1 aromatic heterocycles. The van der Waals surface area contributed by atoms with Crippen molar-refractivity contribution in [2.75, 3.05) is 13.1 Å². The summed E-state index contributed by atoms with van der Waals surface area (Å²) in [6, 6.07) is 10.6. The van der Waals surface area contributed by atoms with Crippen LogP contribution in [0.15, 0.2) is 42.6 Å². The number of aromatic nitrogens is 1. The summed E-state index contributed by atoms with van der Waals surface area (Å²) in [6.07, 6.45) is 3.69. The fraction of sp³-hybridized carbons (Fsp3) is 0.353. The molecule has 3 rings (SSSR count). The summed E-state index contributed by atoms with van der Waals surface area (Å²) in [4.78, 5) is 13.6. The molecule has 1 unspecified atom stereocenters. The molecule has 1 aliphatic rings. The standard InChI is InChI=1S/C17H20FN3O/c18-15-7-1-2-8-16(15)21-10-4-6-14(21)12-20-9-3-5-13(11-20)17(19)22/h1-2,4,6-8,10,13H,3,5,9,11-12H2,(H2,19,22). The topological polar surface area (TPSA) is 51.3 Å². The normalized spacial score (nSPS) is 19.2. The molecule has 2 heterocycles. The van der Waals surface area contributed by atoms with Crippen LogP contribution in [0.4, 0.5) is 4.39 Å². The van der Waals surface area contributed by atoms with Crippen molar-refractivity contribution in [3.05, 3.63) is 54.1 Å². The second-order valence-electron chi connectivity index (χ2n) is 5.80. The Morgan fingerprint density at radius 3 is 2.86 bits per heavy atom. The minimum atomic E-state index is -0.242. The molecule has 2 N–H and O–H groups in total. The molecule has 0 spiro atoms. The van der Waals surface area contributed by atoms with E-state index in [1.165, 1.54) is 6.07 Å². The number of nitrogens with two attached hydrogens (primary N) is 1. The van der Waals surface area contributed by atoms with Gasteiger partial charge in [0, 0.05) is 25.0 Å². The molecule has 1 aliphatic heterocycles. The van der Waals surface area contributed by atoms with Crippen LogP contribution in [-0.2, 0) is 11.3 Å². The maximum atomic E-state index is 14.0. The number of likely N-dealkylation sites (tertiary alicyclic amines) is 1. The Balaban J connectivity index is 1.78. The number of primary amides is 1. The number of carbonyl (C=O) groups is 1. The van der Waals surface area contributed by atoms with Gasteiger partial charge < -0.3 is 10.3 Å². The number of halogens is 1. The molecule has 4 nitrogen and oxygen atoms in total. The Bertz CT molecular complexity index is 667. The van der Waals surface area contributed by atoms with E-state index in [1.54, 1.807) is 12.1 Å². The molecule has 0 saturated carbocycles. The van der Waals surface area contributed by atoms with Crippen LogP contribution in [0.25, 0.3) is 5.69 Å². The molecule has 1 saturated heterocycles. The first-order valence-corrected chi connectivity index (χ1v) is 7.58. The highest BCUT2D eigenvalue weighted by Gasteiger charge is 2.24. The molecular formula is C17H20FN3O. The highest BCUT2D eigenvalue weighted by Crippen LogP contribution is 2.21. The molecule has 1 aromatic carbocycles. The van der Waals surface area contributed by atoms with Crippen molar-refractivity contribution in [3.8, 4) is 5.69 Å². The molecule has 0 radical (unpaired) electrons. The van der Waals surface area contributed by atoms with E-state index in [9.17, 15) is 9.18 Å². The number of nitrogens with zero attached hydrogens (tertiary/aromatic N) is 2. The second kappa shape index (κ2) is 6.32. The zero-order valence-corrected chi connectivity index (χ0v) is 12.4. The van der Waals surface area contributed by atoms with Crippen molar-refractivity contribution < 1.29 is 9.18 Å². The third-order valence-electron chi connectivity index (χ3n) is 4.24. The predicted octanol–water partition coefficient (Wildman–Crippen LogP) is 2.31. The quantitative estimate of drug-likeness (QED) is 0.942. The van der Waals surface area contributed by atoms with Crippen LogP contribution < -0.4 is 5.73 Å². The first kappa shape index (κ1) is 14.8. The summed E-state index contributed by atoms with van der Waals surface area (Å²) < 4.78 is 15.8. The molecule has 1 fully saturated rings. The lowest BCUT2D eigenvalue weighted by Crippen LogP contribution is -2.40. The number of benzene rings is 1. The largest absolute Gasteiger partial charge is 0.369 e. The van der Waals surface area contributed by atoms with Gasteiger partial charge in [-0.1, -0.05) is 12.1 Å². The van der Waals surface area contributed by atoms with Gasteiger partial charge in [-0.25, -0.2) is 4.39 Å². The van der Waals surface area contributed by atoms with E-state index >= 15 is 0 Å². The third kappa shape index (κ3) is 3.04. The van der Waals surface area contributed by atoms with E-state index in [1.807, 2.05) is 29.0 Å². The Labute approximate surface area is 129 Å². The predicted molar refractivity (Wildman–Crippen MR) is 82.9 cm³/mol. The number of hydrogen-bond donors (Lipinski definition) is 1. The molecule has 116 valence electrons. The highest BCUT2D eigenvalue weighted by atomic mass is 19.1. The zero-order valence-electron chi connectivity index (χ0n) is 12.4. The van der Waals surface area contributed by atoms with E-state index in [0.29, 0.717) is 18.8 Å². The van der Waals surface area contributed by atoms with Gasteiger partial charge in [0.1, 0.15) is 5.82 Å². The van der Waals surface area contributed by atoms with Crippen LogP contribution >= 0.6 is 0 Å². The van der Waals surface area contributed by atoms with Crippen LogP contribution in [0.3, 0.4) is 0 Å². The molecule has 1 atom stereocenters. The zero-order chi connectivity index (χ0) is 15.5. The van der Waals surface area contributed by atoms with Gasteiger partial charge in [0.2, 0.25) is 5.91 Å². The summed E-state index contributed by atoms with van der Waals surface area (Å²) >= 11 is 0. The highest BCUT2D eigenvalue weighted by molar-refractivity contribution is 5.76. The number of amides is 1. The molecular weight excluding hydrogens is 281 g/mol. The average Bonchev–Trinajstić information content (AvgIpc) is 2.96. The lowest BCUT2D eigenvalue weighted by Gasteiger charge is -2.31.